The summed E-state index contributed by atoms with van der Waals surface area (Å²) in [6.07, 6.45) is 0.429. The molecule has 0 aliphatic heterocycles. The SMILES string of the molecule is CCN(C)C(=O)Nc1c(Br)cc(F)c(C(=O)CO)c1C.Cc1c(NC=O)c(Br)cc(F)c1C(=O)CO. The first-order chi connectivity index (χ1) is 16.9. The summed E-state index contributed by atoms with van der Waals surface area (Å²) in [6.45, 7) is 3.75. The number of ketones is 2. The van der Waals surface area contributed by atoms with Gasteiger partial charge < -0.3 is 25.7 Å². The number of hydrogen-bond acceptors (Lipinski definition) is 6. The van der Waals surface area contributed by atoms with E-state index < -0.39 is 36.4 Å². The Morgan fingerprint density at radius 1 is 0.944 bits per heavy atom. The van der Waals surface area contributed by atoms with E-state index >= 15 is 0 Å². The minimum atomic E-state index is -0.790. The van der Waals surface area contributed by atoms with Gasteiger partial charge in [0, 0.05) is 22.5 Å². The highest BCUT2D eigenvalue weighted by molar-refractivity contribution is 9.11. The summed E-state index contributed by atoms with van der Waals surface area (Å²) >= 11 is 6.22. The van der Waals surface area contributed by atoms with E-state index in [0.29, 0.717) is 33.3 Å². The molecule has 196 valence electrons. The Bertz CT molecular complexity index is 1180. The molecule has 3 amide bonds. The van der Waals surface area contributed by atoms with Crippen molar-refractivity contribution in [3.63, 3.8) is 0 Å². The number of aliphatic hydroxyl groups is 2. The maximum Gasteiger partial charge on any atom is 0.321 e. The lowest BCUT2D eigenvalue weighted by atomic mass is 10.0. The maximum absolute atomic E-state index is 13.8. The van der Waals surface area contributed by atoms with E-state index in [0.717, 1.165) is 12.1 Å². The number of Topliss-reactive ketones (excluding diaryl/α,β-unsaturated/α-hetero) is 2. The summed E-state index contributed by atoms with van der Waals surface area (Å²) in [5.74, 6) is -2.93. The third-order valence-electron chi connectivity index (χ3n) is 5.06. The molecule has 0 saturated carbocycles. The average Bonchev–Trinajstić information content (AvgIpc) is 2.83. The summed E-state index contributed by atoms with van der Waals surface area (Å²) in [4.78, 5) is 46.5. The van der Waals surface area contributed by atoms with Gasteiger partial charge in [-0.25, -0.2) is 13.6 Å². The fourth-order valence-corrected chi connectivity index (χ4v) is 4.27. The molecular formula is C23H25Br2F2N3O6. The lowest BCUT2D eigenvalue weighted by Crippen LogP contribution is -2.31. The number of anilines is 2. The smallest absolute Gasteiger partial charge is 0.321 e. The van der Waals surface area contributed by atoms with Crippen molar-refractivity contribution < 1.29 is 38.2 Å². The normalized spacial score (nSPS) is 10.2. The number of hydrogen-bond donors (Lipinski definition) is 4. The molecule has 13 heteroatoms. The van der Waals surface area contributed by atoms with Crippen LogP contribution in [0.5, 0.6) is 0 Å². The second-order valence-corrected chi connectivity index (χ2v) is 9.01. The van der Waals surface area contributed by atoms with E-state index in [9.17, 15) is 28.0 Å². The third kappa shape index (κ3) is 7.38. The van der Waals surface area contributed by atoms with Crippen molar-refractivity contribution in [1.82, 2.24) is 4.90 Å². The monoisotopic (exact) mass is 635 g/mol. The number of rotatable bonds is 8. The van der Waals surface area contributed by atoms with Crippen LogP contribution in [0.2, 0.25) is 0 Å². The molecule has 0 aliphatic rings. The molecule has 4 N–H and O–H groups in total. The Labute approximate surface area is 223 Å². The number of amides is 3. The second kappa shape index (κ2) is 14.1. The van der Waals surface area contributed by atoms with Crippen molar-refractivity contribution in [3.8, 4) is 0 Å². The molecule has 0 saturated heterocycles. The van der Waals surface area contributed by atoms with Gasteiger partial charge in [0.05, 0.1) is 22.5 Å². The van der Waals surface area contributed by atoms with E-state index in [1.807, 2.05) is 6.92 Å². The first-order valence-electron chi connectivity index (χ1n) is 10.3. The van der Waals surface area contributed by atoms with Crippen LogP contribution in [0.3, 0.4) is 0 Å². The number of halogens is 4. The topological polar surface area (TPSA) is 136 Å². The number of carbonyl (C=O) groups is 4. The molecule has 0 spiro atoms. The van der Waals surface area contributed by atoms with Crippen LogP contribution in [0.1, 0.15) is 38.8 Å². The minimum Gasteiger partial charge on any atom is -0.388 e. The largest absolute Gasteiger partial charge is 0.388 e. The number of urea groups is 1. The van der Waals surface area contributed by atoms with Gasteiger partial charge in [-0.15, -0.1) is 0 Å². The van der Waals surface area contributed by atoms with Crippen LogP contribution < -0.4 is 10.6 Å². The molecule has 0 unspecified atom stereocenters. The Morgan fingerprint density at radius 3 is 1.75 bits per heavy atom. The summed E-state index contributed by atoms with van der Waals surface area (Å²) < 4.78 is 28.0. The fourth-order valence-electron chi connectivity index (χ4n) is 3.06. The van der Waals surface area contributed by atoms with Crippen molar-refractivity contribution in [3.05, 3.63) is 55.0 Å². The van der Waals surface area contributed by atoms with Crippen molar-refractivity contribution in [2.24, 2.45) is 0 Å². The van der Waals surface area contributed by atoms with Gasteiger partial charge in [-0.2, -0.15) is 0 Å². The van der Waals surface area contributed by atoms with Crippen LogP contribution in [0.15, 0.2) is 21.1 Å². The zero-order chi connectivity index (χ0) is 27.7. The zero-order valence-corrected chi connectivity index (χ0v) is 23.0. The van der Waals surface area contributed by atoms with Crippen molar-refractivity contribution in [2.75, 3.05) is 37.4 Å². The van der Waals surface area contributed by atoms with Gasteiger partial charge in [-0.1, -0.05) is 0 Å². The fraction of sp³-hybridized carbons (Fsp3) is 0.304. The van der Waals surface area contributed by atoms with Gasteiger partial charge in [-0.3, -0.25) is 14.4 Å². The molecule has 0 aliphatic carbocycles. The highest BCUT2D eigenvalue weighted by atomic mass is 79.9. The molecule has 2 rings (SSSR count). The van der Waals surface area contributed by atoms with E-state index in [-0.39, 0.29) is 28.3 Å². The first kappa shape index (κ1) is 31.3. The zero-order valence-electron chi connectivity index (χ0n) is 19.8. The minimum absolute atomic E-state index is 0.213. The highest BCUT2D eigenvalue weighted by Crippen LogP contribution is 2.32. The van der Waals surface area contributed by atoms with E-state index in [1.54, 1.807) is 7.05 Å². The van der Waals surface area contributed by atoms with E-state index in [4.69, 9.17) is 10.2 Å². The summed E-state index contributed by atoms with van der Waals surface area (Å²) in [5.41, 5.74) is 0.744. The van der Waals surface area contributed by atoms with Gasteiger partial charge in [-0.05, 0) is 75.9 Å². The van der Waals surface area contributed by atoms with Crippen molar-refractivity contribution in [1.29, 1.82) is 0 Å². The molecule has 0 radical (unpaired) electrons. The van der Waals surface area contributed by atoms with Crippen molar-refractivity contribution >= 4 is 67.2 Å². The number of aliphatic hydroxyl groups excluding tert-OH is 2. The van der Waals surface area contributed by atoms with Crippen LogP contribution >= 0.6 is 31.9 Å². The van der Waals surface area contributed by atoms with Crippen LogP contribution in [-0.2, 0) is 4.79 Å². The summed E-state index contributed by atoms with van der Waals surface area (Å²) in [6, 6.07) is 1.80. The van der Waals surface area contributed by atoms with Gasteiger partial charge in [0.15, 0.2) is 11.6 Å². The average molecular weight is 637 g/mol. The van der Waals surface area contributed by atoms with E-state index in [2.05, 4.69) is 42.5 Å². The van der Waals surface area contributed by atoms with Crippen LogP contribution in [0.25, 0.3) is 0 Å². The van der Waals surface area contributed by atoms with Gasteiger partial charge in [0.1, 0.15) is 24.8 Å². The van der Waals surface area contributed by atoms with Gasteiger partial charge >= 0.3 is 6.03 Å². The van der Waals surface area contributed by atoms with Gasteiger partial charge in [0.25, 0.3) is 0 Å². The Morgan fingerprint density at radius 2 is 1.36 bits per heavy atom. The second-order valence-electron chi connectivity index (χ2n) is 7.30. The lowest BCUT2D eigenvalue weighted by molar-refractivity contribution is -0.105. The third-order valence-corrected chi connectivity index (χ3v) is 6.31. The van der Waals surface area contributed by atoms with E-state index in [1.165, 1.54) is 18.7 Å². The quantitative estimate of drug-likeness (QED) is 0.253. The predicted octanol–water partition coefficient (Wildman–Crippen LogP) is 4.20. The number of nitrogens with zero attached hydrogens (tertiary/aromatic N) is 1. The number of nitrogens with one attached hydrogen (secondary N) is 2. The first-order valence-corrected chi connectivity index (χ1v) is 11.9. The number of benzene rings is 2. The molecule has 0 fully saturated rings. The molecule has 9 nitrogen and oxygen atoms in total. The number of carbonyl (C=O) groups excluding carboxylic acids is 4. The molecule has 0 heterocycles. The lowest BCUT2D eigenvalue weighted by Gasteiger charge is -2.19. The maximum atomic E-state index is 13.8. The molecule has 2 aromatic carbocycles. The van der Waals surface area contributed by atoms with Crippen molar-refractivity contribution in [2.45, 2.75) is 20.8 Å². The van der Waals surface area contributed by atoms with Crippen LogP contribution in [-0.4, -0.2) is 65.9 Å². The molecule has 2 aromatic rings. The molecular weight excluding hydrogens is 612 g/mol. The van der Waals surface area contributed by atoms with Gasteiger partial charge in [0.2, 0.25) is 6.41 Å². The van der Waals surface area contributed by atoms with Crippen LogP contribution in [0.4, 0.5) is 25.0 Å². The molecule has 0 bridgehead atoms. The molecule has 0 aromatic heterocycles. The predicted molar refractivity (Wildman–Crippen MR) is 138 cm³/mol. The Hall–Kier alpha value is -2.74. The Kier molecular flexibility index (Phi) is 12.3. The summed E-state index contributed by atoms with van der Waals surface area (Å²) in [7, 11) is 1.61. The highest BCUT2D eigenvalue weighted by Gasteiger charge is 2.21. The molecule has 0 atom stereocenters. The standard InChI is InChI=1S/C13H16BrFN2O3.C10H9BrFNO3/c1-4-17(3)13(20)16-12-7(2)11(10(19)6-18)9(15)5-8(12)14;1-5-9(8(16)3-14)7(12)2-6(11)10(5)13-4-15/h5,18H,4,6H2,1-3H3,(H,16,20);2,4,14H,3H2,1H3,(H,13,15). The molecule has 36 heavy (non-hydrogen) atoms. The Balaban J connectivity index is 0.000000369. The summed E-state index contributed by atoms with van der Waals surface area (Å²) in [5, 5.41) is 22.6. The van der Waals surface area contributed by atoms with Crippen LogP contribution in [0, 0.1) is 25.5 Å².